The molecule has 8 rings (SSSR count). The van der Waals surface area contributed by atoms with Gasteiger partial charge in [-0.1, -0.05) is 44.4 Å². The first-order valence-electron chi connectivity index (χ1n) is 20.5. The number of ether oxygens (including phenoxy) is 2. The van der Waals surface area contributed by atoms with Crippen LogP contribution >= 0.6 is 0 Å². The number of benzene rings is 3. The Morgan fingerprint density at radius 2 is 1.83 bits per heavy atom. The molecule has 2 aliphatic rings. The summed E-state index contributed by atoms with van der Waals surface area (Å²) in [7, 11) is 3.99. The van der Waals surface area contributed by atoms with E-state index in [1.807, 2.05) is 62.4 Å². The minimum Gasteiger partial charge on any atom is -0.497 e. The van der Waals surface area contributed by atoms with Crippen LogP contribution in [0.5, 0.6) is 5.75 Å². The zero-order chi connectivity index (χ0) is 41.8. The number of likely N-dealkylation sites (N-methyl/N-ethyl adjacent to an activating group) is 1. The summed E-state index contributed by atoms with van der Waals surface area (Å²) in [5.41, 5.74) is 9.29. The van der Waals surface area contributed by atoms with Crippen LogP contribution in [0.2, 0.25) is 0 Å². The Kier molecular flexibility index (Phi) is 12.9. The standard InChI is InChI=1S/C39H38N6O4S.C7H17NO/c1-23(2)50(48)43-38(47)25-13-15-31-34(19-25)44-21-27(36-28(22-46)20-40-45(36)39-41-32-11-7-8-12-33(32)42-39)17-26-18-29(49-3)14-16-30(26)37(44)35(31)24-9-5-4-6-10-24;1-5-8(3)6-7(2)9-4/h7-8,11-20,22-24H,4-6,9-10,21H2,1-3H3,(H,41,42)(H,43,47);7H,5-6H2,1-4H3/t;7-/m.1/s1. The highest BCUT2D eigenvalue weighted by Gasteiger charge is 2.31. The van der Waals surface area contributed by atoms with E-state index in [9.17, 15) is 13.8 Å². The van der Waals surface area contributed by atoms with E-state index in [0.717, 1.165) is 95.1 Å². The van der Waals surface area contributed by atoms with Gasteiger partial charge in [0.25, 0.3) is 5.91 Å². The monoisotopic (exact) mass is 817 g/mol. The maximum absolute atomic E-state index is 13.4. The molecule has 1 aliphatic heterocycles. The van der Waals surface area contributed by atoms with Crippen molar-refractivity contribution in [3.8, 4) is 23.0 Å². The van der Waals surface area contributed by atoms with Gasteiger partial charge < -0.3 is 23.9 Å². The molecular formula is C46H55N7O5S. The maximum Gasteiger partial charge on any atom is 0.263 e. The molecule has 3 aromatic heterocycles. The minimum absolute atomic E-state index is 0.213. The quantitative estimate of drug-likeness (QED) is 0.117. The average Bonchev–Trinajstić information content (AvgIpc) is 3.94. The summed E-state index contributed by atoms with van der Waals surface area (Å²) >= 11 is 0. The fourth-order valence-corrected chi connectivity index (χ4v) is 8.74. The smallest absolute Gasteiger partial charge is 0.263 e. The maximum atomic E-state index is 13.4. The van der Waals surface area contributed by atoms with Crippen molar-refractivity contribution in [1.29, 1.82) is 0 Å². The number of methoxy groups -OCH3 is 2. The molecule has 0 bridgehead atoms. The van der Waals surface area contributed by atoms with Crippen LogP contribution in [-0.4, -0.2) is 91.3 Å². The van der Waals surface area contributed by atoms with Crippen molar-refractivity contribution in [2.45, 2.75) is 83.6 Å². The van der Waals surface area contributed by atoms with Crippen LogP contribution < -0.4 is 9.46 Å². The fourth-order valence-electron chi connectivity index (χ4n) is 8.21. The Bertz CT molecular complexity index is 2480. The van der Waals surface area contributed by atoms with Crippen LogP contribution in [0, 0.1) is 0 Å². The van der Waals surface area contributed by atoms with Gasteiger partial charge in [0.2, 0.25) is 5.95 Å². The Morgan fingerprint density at radius 1 is 1.05 bits per heavy atom. The van der Waals surface area contributed by atoms with Crippen LogP contribution in [0.1, 0.15) is 103 Å². The Labute approximate surface area is 348 Å². The lowest BCUT2D eigenvalue weighted by Gasteiger charge is -2.24. The molecule has 4 heterocycles. The number of H-pyrrole nitrogens is 1. The molecule has 2 atom stereocenters. The number of amides is 1. The largest absolute Gasteiger partial charge is 0.497 e. The van der Waals surface area contributed by atoms with E-state index in [2.05, 4.69) is 63.4 Å². The zero-order valence-corrected chi connectivity index (χ0v) is 35.9. The predicted octanol–water partition coefficient (Wildman–Crippen LogP) is 8.57. The second kappa shape index (κ2) is 18.3. The van der Waals surface area contributed by atoms with E-state index in [-0.39, 0.29) is 11.2 Å². The molecule has 59 heavy (non-hydrogen) atoms. The number of aromatic nitrogens is 5. The first kappa shape index (κ1) is 41.8. The normalized spacial score (nSPS) is 15.2. The van der Waals surface area contributed by atoms with Crippen LogP contribution in [0.3, 0.4) is 0 Å². The minimum atomic E-state index is -1.51. The molecule has 13 heteroatoms. The molecule has 310 valence electrons. The Balaban J connectivity index is 0.000000528. The molecule has 12 nitrogen and oxygen atoms in total. The second-order valence-corrected chi connectivity index (χ2v) is 17.5. The SMILES string of the molecule is CCN(C)C[C@@H](C)OC.COc1ccc2c(c1)C=C(c1c(C=O)cnn1-c1nc3ccccc3[nH]1)Cn1c-2c(C2CCCCC2)c2ccc(C(=O)NS(=O)C(C)C)cc21. The highest BCUT2D eigenvalue weighted by Crippen LogP contribution is 2.48. The van der Waals surface area contributed by atoms with Gasteiger partial charge in [-0.2, -0.15) is 9.78 Å². The van der Waals surface area contributed by atoms with Crippen LogP contribution in [0.25, 0.3) is 50.8 Å². The van der Waals surface area contributed by atoms with E-state index in [1.54, 1.807) is 25.1 Å². The van der Waals surface area contributed by atoms with Gasteiger partial charge in [0.05, 0.1) is 53.9 Å². The van der Waals surface area contributed by atoms with E-state index in [0.29, 0.717) is 41.3 Å². The number of carbonyl (C=O) groups is 2. The van der Waals surface area contributed by atoms with Crippen molar-refractivity contribution in [1.82, 2.24) is 33.9 Å². The lowest BCUT2D eigenvalue weighted by atomic mass is 9.81. The molecule has 0 spiro atoms. The number of allylic oxidation sites excluding steroid dienone is 1. The van der Waals surface area contributed by atoms with Crippen molar-refractivity contribution >= 4 is 56.8 Å². The fraction of sp³-hybridized carbons (Fsp3) is 0.391. The molecule has 2 N–H and O–H groups in total. The van der Waals surface area contributed by atoms with Gasteiger partial charge in [-0.25, -0.2) is 9.19 Å². The number of aldehydes is 1. The Hall–Kier alpha value is -5.37. The van der Waals surface area contributed by atoms with Gasteiger partial charge in [-0.05, 0) is 118 Å². The first-order valence-corrected chi connectivity index (χ1v) is 21.7. The number of imidazole rings is 1. The summed E-state index contributed by atoms with van der Waals surface area (Å²) in [6.45, 7) is 10.3. The molecule has 6 aromatic rings. The summed E-state index contributed by atoms with van der Waals surface area (Å²) in [4.78, 5) is 36.5. The summed E-state index contributed by atoms with van der Waals surface area (Å²) < 4.78 is 30.1. The number of hydrogen-bond donors (Lipinski definition) is 2. The molecule has 1 amide bonds. The summed E-state index contributed by atoms with van der Waals surface area (Å²) in [5.74, 6) is 1.19. The molecule has 0 radical (unpaired) electrons. The van der Waals surface area contributed by atoms with Gasteiger partial charge in [0.15, 0.2) is 6.29 Å². The number of fused-ring (bicyclic) bond motifs is 6. The van der Waals surface area contributed by atoms with Crippen LogP contribution in [0.15, 0.2) is 66.9 Å². The van der Waals surface area contributed by atoms with Crippen molar-refractivity contribution in [3.63, 3.8) is 0 Å². The van der Waals surface area contributed by atoms with Gasteiger partial charge in [-0.3, -0.25) is 14.3 Å². The number of carbonyl (C=O) groups excluding carboxylic acids is 2. The van der Waals surface area contributed by atoms with Crippen molar-refractivity contribution in [2.24, 2.45) is 0 Å². The third-order valence-electron chi connectivity index (χ3n) is 11.5. The van der Waals surface area contributed by atoms with Crippen LogP contribution in [0.4, 0.5) is 0 Å². The molecule has 1 unspecified atom stereocenters. The number of nitrogens with one attached hydrogen (secondary N) is 2. The van der Waals surface area contributed by atoms with E-state index < -0.39 is 11.0 Å². The molecular weight excluding hydrogens is 763 g/mol. The molecule has 1 fully saturated rings. The third kappa shape index (κ3) is 8.69. The second-order valence-electron chi connectivity index (χ2n) is 15.8. The predicted molar refractivity (Wildman–Crippen MR) is 237 cm³/mol. The van der Waals surface area contributed by atoms with E-state index >= 15 is 0 Å². The van der Waals surface area contributed by atoms with Gasteiger partial charge in [-0.15, -0.1) is 0 Å². The number of hydrogen-bond acceptors (Lipinski definition) is 8. The van der Waals surface area contributed by atoms with Crippen molar-refractivity contribution < 1.29 is 23.3 Å². The summed E-state index contributed by atoms with van der Waals surface area (Å²) in [5, 5.41) is 5.54. The summed E-state index contributed by atoms with van der Waals surface area (Å²) in [6.07, 6.45) is 10.6. The number of para-hydroxylation sites is 2. The average molecular weight is 818 g/mol. The molecule has 1 aliphatic carbocycles. The van der Waals surface area contributed by atoms with Crippen LogP contribution in [-0.2, 0) is 22.3 Å². The highest BCUT2D eigenvalue weighted by molar-refractivity contribution is 7.84. The number of aromatic amines is 1. The van der Waals surface area contributed by atoms with Gasteiger partial charge in [0, 0.05) is 40.9 Å². The number of nitrogens with zero attached hydrogens (tertiary/aromatic N) is 5. The lowest BCUT2D eigenvalue weighted by Crippen LogP contribution is -2.30. The first-order chi connectivity index (χ1) is 28.5. The molecule has 3 aromatic carbocycles. The Morgan fingerprint density at radius 3 is 2.53 bits per heavy atom. The van der Waals surface area contributed by atoms with E-state index in [4.69, 9.17) is 14.5 Å². The van der Waals surface area contributed by atoms with Gasteiger partial charge >= 0.3 is 0 Å². The van der Waals surface area contributed by atoms with Crippen molar-refractivity contribution in [3.05, 3.63) is 94.8 Å². The molecule has 1 saturated carbocycles. The van der Waals surface area contributed by atoms with E-state index in [1.165, 1.54) is 12.0 Å². The lowest BCUT2D eigenvalue weighted by molar-refractivity contribution is 0.0873. The third-order valence-corrected chi connectivity index (χ3v) is 12.7. The van der Waals surface area contributed by atoms with Gasteiger partial charge in [0.1, 0.15) is 16.7 Å². The highest BCUT2D eigenvalue weighted by atomic mass is 32.2. The zero-order valence-electron chi connectivity index (χ0n) is 35.1. The van der Waals surface area contributed by atoms with Crippen molar-refractivity contribution in [2.75, 3.05) is 34.4 Å². The molecule has 0 saturated heterocycles. The number of rotatable bonds is 12. The topological polar surface area (TPSA) is 136 Å². The summed E-state index contributed by atoms with van der Waals surface area (Å²) in [6, 6.07) is 19.7.